The van der Waals surface area contributed by atoms with Crippen LogP contribution < -0.4 is 10.1 Å². The predicted molar refractivity (Wildman–Crippen MR) is 99.4 cm³/mol. The molecule has 1 spiro atoms. The summed E-state index contributed by atoms with van der Waals surface area (Å²) in [6.45, 7) is 6.49. The minimum atomic E-state index is 0.565. The van der Waals surface area contributed by atoms with Crippen LogP contribution >= 0.6 is 0 Å². The fraction of sp³-hybridized carbons (Fsp3) is 0.476. The molecule has 1 aromatic carbocycles. The molecule has 1 aromatic heterocycles. The number of hydrogen-bond acceptors (Lipinski definition) is 4. The lowest BCUT2D eigenvalue weighted by molar-refractivity contribution is 0.194. The van der Waals surface area contributed by atoms with Crippen molar-refractivity contribution >= 4 is 0 Å². The minimum Gasteiger partial charge on any atom is -0.489 e. The van der Waals surface area contributed by atoms with Gasteiger partial charge in [-0.25, -0.2) is 0 Å². The highest BCUT2D eigenvalue weighted by Gasteiger charge is 2.38. The van der Waals surface area contributed by atoms with Crippen molar-refractivity contribution in [1.29, 1.82) is 0 Å². The lowest BCUT2D eigenvalue weighted by Gasteiger charge is -2.33. The Hall–Kier alpha value is -1.91. The summed E-state index contributed by atoms with van der Waals surface area (Å²) in [4.78, 5) is 6.74. The summed E-state index contributed by atoms with van der Waals surface area (Å²) in [5.74, 6) is 0.920. The van der Waals surface area contributed by atoms with Crippen LogP contribution in [0, 0.1) is 5.41 Å². The SMILES string of the molecule is c1cncc(COc2ccc(CN3CCC4(CCNCC4)C3)cc2)c1. The second-order valence-electron chi connectivity index (χ2n) is 7.50. The second kappa shape index (κ2) is 7.54. The van der Waals surface area contributed by atoms with Crippen LogP contribution in [0.25, 0.3) is 0 Å². The summed E-state index contributed by atoms with van der Waals surface area (Å²) in [5, 5.41) is 3.49. The van der Waals surface area contributed by atoms with Crippen molar-refractivity contribution in [1.82, 2.24) is 15.2 Å². The molecule has 2 aliphatic rings. The van der Waals surface area contributed by atoms with Gasteiger partial charge in [0.2, 0.25) is 0 Å². The number of pyridine rings is 1. The van der Waals surface area contributed by atoms with Gasteiger partial charge in [-0.3, -0.25) is 9.88 Å². The third kappa shape index (κ3) is 4.20. The third-order valence-corrected chi connectivity index (χ3v) is 5.64. The molecule has 2 saturated heterocycles. The zero-order valence-corrected chi connectivity index (χ0v) is 14.8. The average Bonchev–Trinajstić information content (AvgIpc) is 3.04. The van der Waals surface area contributed by atoms with Crippen molar-refractivity contribution in [2.45, 2.75) is 32.4 Å². The van der Waals surface area contributed by atoms with Gasteiger partial charge >= 0.3 is 0 Å². The Morgan fingerprint density at radius 2 is 1.88 bits per heavy atom. The molecule has 0 amide bonds. The van der Waals surface area contributed by atoms with Crippen molar-refractivity contribution < 1.29 is 4.74 Å². The van der Waals surface area contributed by atoms with Crippen molar-refractivity contribution in [3.63, 3.8) is 0 Å². The van der Waals surface area contributed by atoms with Gasteiger partial charge in [0.15, 0.2) is 0 Å². The van der Waals surface area contributed by atoms with Crippen LogP contribution in [0.4, 0.5) is 0 Å². The van der Waals surface area contributed by atoms with Crippen LogP contribution in [-0.2, 0) is 13.2 Å². The van der Waals surface area contributed by atoms with E-state index >= 15 is 0 Å². The topological polar surface area (TPSA) is 37.4 Å². The van der Waals surface area contributed by atoms with Crippen molar-refractivity contribution in [3.05, 3.63) is 59.9 Å². The number of piperidine rings is 1. The number of nitrogens with one attached hydrogen (secondary N) is 1. The Labute approximate surface area is 150 Å². The molecule has 0 saturated carbocycles. The molecule has 4 rings (SSSR count). The fourth-order valence-corrected chi connectivity index (χ4v) is 4.13. The second-order valence-corrected chi connectivity index (χ2v) is 7.50. The van der Waals surface area contributed by atoms with E-state index in [9.17, 15) is 0 Å². The van der Waals surface area contributed by atoms with Gasteiger partial charge in [0, 0.05) is 31.0 Å². The van der Waals surface area contributed by atoms with E-state index in [0.29, 0.717) is 12.0 Å². The molecule has 132 valence electrons. The maximum atomic E-state index is 5.85. The normalized spacial score (nSPS) is 20.0. The number of ether oxygens (including phenoxy) is 1. The molecule has 0 unspecified atom stereocenters. The van der Waals surface area contributed by atoms with Crippen molar-refractivity contribution in [3.8, 4) is 5.75 Å². The van der Waals surface area contributed by atoms with Gasteiger partial charge in [-0.05, 0) is 68.1 Å². The van der Waals surface area contributed by atoms with Gasteiger partial charge in [0.05, 0.1) is 0 Å². The summed E-state index contributed by atoms with van der Waals surface area (Å²) in [7, 11) is 0. The molecule has 3 heterocycles. The van der Waals surface area contributed by atoms with Crippen molar-refractivity contribution in [2.75, 3.05) is 26.2 Å². The van der Waals surface area contributed by atoms with E-state index in [4.69, 9.17) is 4.74 Å². The van der Waals surface area contributed by atoms with E-state index in [1.54, 1.807) is 6.20 Å². The number of aromatic nitrogens is 1. The van der Waals surface area contributed by atoms with Gasteiger partial charge in [-0.1, -0.05) is 18.2 Å². The molecule has 0 aliphatic carbocycles. The van der Waals surface area contributed by atoms with Gasteiger partial charge in [0.1, 0.15) is 12.4 Å². The molecular weight excluding hydrogens is 310 g/mol. The maximum Gasteiger partial charge on any atom is 0.119 e. The van der Waals surface area contributed by atoms with Crippen LogP contribution in [0.5, 0.6) is 5.75 Å². The first-order valence-corrected chi connectivity index (χ1v) is 9.35. The Balaban J connectivity index is 1.29. The Kier molecular flexibility index (Phi) is 4.99. The summed E-state index contributed by atoms with van der Waals surface area (Å²) < 4.78 is 5.85. The largest absolute Gasteiger partial charge is 0.489 e. The van der Waals surface area contributed by atoms with Crippen LogP contribution in [-0.4, -0.2) is 36.1 Å². The van der Waals surface area contributed by atoms with E-state index in [0.717, 1.165) is 17.9 Å². The first kappa shape index (κ1) is 16.6. The van der Waals surface area contributed by atoms with Gasteiger partial charge < -0.3 is 10.1 Å². The Bertz CT molecular complexity index is 665. The van der Waals surface area contributed by atoms with Crippen LogP contribution in [0.15, 0.2) is 48.8 Å². The molecule has 0 radical (unpaired) electrons. The molecule has 2 fully saturated rings. The molecule has 0 atom stereocenters. The third-order valence-electron chi connectivity index (χ3n) is 5.64. The van der Waals surface area contributed by atoms with Gasteiger partial charge in [0.25, 0.3) is 0 Å². The van der Waals surface area contributed by atoms with Crippen LogP contribution in [0.1, 0.15) is 30.4 Å². The number of nitrogens with zero attached hydrogens (tertiary/aromatic N) is 2. The minimum absolute atomic E-state index is 0.565. The molecule has 2 aliphatic heterocycles. The summed E-state index contributed by atoms with van der Waals surface area (Å²) in [5.41, 5.74) is 3.05. The number of hydrogen-bond donors (Lipinski definition) is 1. The highest BCUT2D eigenvalue weighted by Crippen LogP contribution is 2.39. The van der Waals surface area contributed by atoms with Gasteiger partial charge in [-0.15, -0.1) is 0 Å². The highest BCUT2D eigenvalue weighted by atomic mass is 16.5. The first-order chi connectivity index (χ1) is 12.3. The number of benzene rings is 1. The summed E-state index contributed by atoms with van der Waals surface area (Å²) in [6, 6.07) is 12.5. The maximum absolute atomic E-state index is 5.85. The fourth-order valence-electron chi connectivity index (χ4n) is 4.13. The van der Waals surface area contributed by atoms with Gasteiger partial charge in [-0.2, -0.15) is 0 Å². The molecular formula is C21H27N3O. The molecule has 4 heteroatoms. The van der Waals surface area contributed by atoms with E-state index in [1.807, 2.05) is 18.3 Å². The Morgan fingerprint density at radius 1 is 1.04 bits per heavy atom. The van der Waals surface area contributed by atoms with Crippen molar-refractivity contribution in [2.24, 2.45) is 5.41 Å². The molecule has 2 aromatic rings. The predicted octanol–water partition coefficient (Wildman–Crippen LogP) is 3.24. The number of likely N-dealkylation sites (tertiary alicyclic amines) is 1. The van der Waals surface area contributed by atoms with E-state index in [-0.39, 0.29) is 0 Å². The first-order valence-electron chi connectivity index (χ1n) is 9.35. The zero-order chi connectivity index (χ0) is 17.0. The Morgan fingerprint density at radius 3 is 2.64 bits per heavy atom. The van der Waals surface area contributed by atoms with Crippen LogP contribution in [0.2, 0.25) is 0 Å². The van der Waals surface area contributed by atoms with Crippen LogP contribution in [0.3, 0.4) is 0 Å². The van der Waals surface area contributed by atoms with E-state index in [2.05, 4.69) is 39.5 Å². The highest BCUT2D eigenvalue weighted by molar-refractivity contribution is 5.27. The average molecular weight is 337 g/mol. The standard InChI is InChI=1S/C21H27N3O/c1-2-19(14-23-10-1)16-25-20-5-3-18(4-6-20)15-24-13-9-21(17-24)7-11-22-12-8-21/h1-6,10,14,22H,7-9,11-13,15-17H2. The molecule has 4 nitrogen and oxygen atoms in total. The molecule has 0 bridgehead atoms. The summed E-state index contributed by atoms with van der Waals surface area (Å²) in [6.07, 6.45) is 7.67. The summed E-state index contributed by atoms with van der Waals surface area (Å²) >= 11 is 0. The molecule has 25 heavy (non-hydrogen) atoms. The quantitative estimate of drug-likeness (QED) is 0.909. The molecule has 1 N–H and O–H groups in total. The van der Waals surface area contributed by atoms with E-state index in [1.165, 1.54) is 51.0 Å². The van der Waals surface area contributed by atoms with E-state index < -0.39 is 0 Å². The lowest BCUT2D eigenvalue weighted by atomic mass is 9.78. The number of rotatable bonds is 5. The monoisotopic (exact) mass is 337 g/mol. The lowest BCUT2D eigenvalue weighted by Crippen LogP contribution is -2.38. The smallest absolute Gasteiger partial charge is 0.119 e. The zero-order valence-electron chi connectivity index (χ0n) is 14.8.